The van der Waals surface area contributed by atoms with Gasteiger partial charge in [0.25, 0.3) is 0 Å². The number of aryl methyl sites for hydroxylation is 1. The van der Waals surface area contributed by atoms with Crippen molar-refractivity contribution >= 4 is 5.91 Å². The fourth-order valence-electron chi connectivity index (χ4n) is 3.25. The van der Waals surface area contributed by atoms with Gasteiger partial charge < -0.3 is 15.2 Å². The smallest absolute Gasteiger partial charge is 0.221 e. The molecule has 0 aliphatic carbocycles. The summed E-state index contributed by atoms with van der Waals surface area (Å²) in [4.78, 5) is 12.6. The molecule has 2 N–H and O–H groups in total. The van der Waals surface area contributed by atoms with Gasteiger partial charge in [-0.3, -0.25) is 4.79 Å². The summed E-state index contributed by atoms with van der Waals surface area (Å²) in [7, 11) is 0. The quantitative estimate of drug-likeness (QED) is 0.580. The first-order valence-corrected chi connectivity index (χ1v) is 9.86. The Morgan fingerprint density at radius 2 is 1.45 bits per heavy atom. The molecule has 0 saturated heterocycles. The normalized spacial score (nSPS) is 11.8. The molecule has 1 amide bonds. The predicted octanol–water partition coefficient (Wildman–Crippen LogP) is 4.07. The summed E-state index contributed by atoms with van der Waals surface area (Å²) in [5.74, 6) is 0.613. The number of aliphatic hydroxyl groups is 1. The van der Waals surface area contributed by atoms with Gasteiger partial charge in [0.1, 0.15) is 18.5 Å². The molecular formula is C25H27NO3. The summed E-state index contributed by atoms with van der Waals surface area (Å²) in [6.45, 7) is 2.24. The van der Waals surface area contributed by atoms with Crippen molar-refractivity contribution < 1.29 is 14.6 Å². The molecule has 4 nitrogen and oxygen atoms in total. The zero-order valence-electron chi connectivity index (χ0n) is 16.6. The first-order chi connectivity index (χ1) is 14.1. The van der Waals surface area contributed by atoms with Gasteiger partial charge >= 0.3 is 0 Å². The minimum atomic E-state index is -0.773. The number of para-hydroxylation sites is 1. The second kappa shape index (κ2) is 10.4. The Hall–Kier alpha value is -3.11. The lowest BCUT2D eigenvalue weighted by Gasteiger charge is -2.19. The molecule has 1 atom stereocenters. The standard InChI is InChI=1S/C25H27NO3/c1-19-10-8-9-15-24(19)29-18-22(27)17-26-25(28)16-23(20-11-4-2-5-12-20)21-13-6-3-7-14-21/h2-15,22-23,27H,16-18H2,1H3,(H,26,28). The van der Waals surface area contributed by atoms with Crippen molar-refractivity contribution in [3.63, 3.8) is 0 Å². The molecule has 0 aromatic heterocycles. The molecule has 3 rings (SSSR count). The van der Waals surface area contributed by atoms with E-state index >= 15 is 0 Å². The molecule has 0 saturated carbocycles. The van der Waals surface area contributed by atoms with Gasteiger partial charge in [0.2, 0.25) is 5.91 Å². The maximum absolute atomic E-state index is 12.6. The van der Waals surface area contributed by atoms with E-state index in [4.69, 9.17) is 4.74 Å². The summed E-state index contributed by atoms with van der Waals surface area (Å²) >= 11 is 0. The van der Waals surface area contributed by atoms with E-state index in [1.54, 1.807) is 0 Å². The number of nitrogens with one attached hydrogen (secondary N) is 1. The van der Waals surface area contributed by atoms with Gasteiger partial charge in [0, 0.05) is 18.9 Å². The average Bonchev–Trinajstić information content (AvgIpc) is 2.76. The van der Waals surface area contributed by atoms with Crippen LogP contribution in [0, 0.1) is 6.92 Å². The molecule has 3 aromatic rings. The van der Waals surface area contributed by atoms with Crippen LogP contribution < -0.4 is 10.1 Å². The third-order valence-corrected chi connectivity index (χ3v) is 4.85. The Kier molecular flexibility index (Phi) is 7.42. The first kappa shape index (κ1) is 20.6. The predicted molar refractivity (Wildman–Crippen MR) is 115 cm³/mol. The third kappa shape index (κ3) is 6.19. The van der Waals surface area contributed by atoms with E-state index in [0.29, 0.717) is 6.42 Å². The number of benzene rings is 3. The van der Waals surface area contributed by atoms with E-state index in [1.807, 2.05) is 91.9 Å². The molecule has 150 valence electrons. The van der Waals surface area contributed by atoms with Crippen molar-refractivity contribution in [2.45, 2.75) is 25.4 Å². The monoisotopic (exact) mass is 389 g/mol. The molecule has 0 spiro atoms. The zero-order chi connectivity index (χ0) is 20.5. The highest BCUT2D eigenvalue weighted by molar-refractivity contribution is 5.77. The molecular weight excluding hydrogens is 362 g/mol. The van der Waals surface area contributed by atoms with Crippen LogP contribution in [0.15, 0.2) is 84.9 Å². The Morgan fingerprint density at radius 3 is 2.03 bits per heavy atom. The van der Waals surface area contributed by atoms with Gasteiger partial charge in [-0.25, -0.2) is 0 Å². The van der Waals surface area contributed by atoms with Crippen LogP contribution in [-0.2, 0) is 4.79 Å². The lowest BCUT2D eigenvalue weighted by molar-refractivity contribution is -0.121. The fourth-order valence-corrected chi connectivity index (χ4v) is 3.25. The van der Waals surface area contributed by atoms with E-state index in [0.717, 1.165) is 22.4 Å². The van der Waals surface area contributed by atoms with Gasteiger partial charge in [0.05, 0.1) is 0 Å². The van der Waals surface area contributed by atoms with Crippen molar-refractivity contribution in [2.24, 2.45) is 0 Å². The highest BCUT2D eigenvalue weighted by atomic mass is 16.5. The van der Waals surface area contributed by atoms with E-state index in [9.17, 15) is 9.90 Å². The number of carbonyl (C=O) groups excluding carboxylic acids is 1. The van der Waals surface area contributed by atoms with E-state index in [2.05, 4.69) is 5.32 Å². The van der Waals surface area contributed by atoms with Crippen molar-refractivity contribution in [1.29, 1.82) is 0 Å². The second-order valence-electron chi connectivity index (χ2n) is 7.11. The van der Waals surface area contributed by atoms with Crippen molar-refractivity contribution in [3.8, 4) is 5.75 Å². The minimum Gasteiger partial charge on any atom is -0.491 e. The van der Waals surface area contributed by atoms with E-state index in [1.165, 1.54) is 0 Å². The van der Waals surface area contributed by atoms with E-state index in [-0.39, 0.29) is 25.0 Å². The summed E-state index contributed by atoms with van der Waals surface area (Å²) in [5.41, 5.74) is 3.20. The second-order valence-corrected chi connectivity index (χ2v) is 7.11. The van der Waals surface area contributed by atoms with Crippen molar-refractivity contribution in [3.05, 3.63) is 102 Å². The number of hydrogen-bond donors (Lipinski definition) is 2. The third-order valence-electron chi connectivity index (χ3n) is 4.85. The lowest BCUT2D eigenvalue weighted by atomic mass is 9.88. The highest BCUT2D eigenvalue weighted by Gasteiger charge is 2.18. The van der Waals surface area contributed by atoms with Gasteiger partial charge in [-0.05, 0) is 29.7 Å². The molecule has 0 radical (unpaired) electrons. The number of aliphatic hydroxyl groups excluding tert-OH is 1. The molecule has 0 aliphatic heterocycles. The molecule has 0 fully saturated rings. The van der Waals surface area contributed by atoms with Gasteiger partial charge in [-0.2, -0.15) is 0 Å². The molecule has 29 heavy (non-hydrogen) atoms. The molecule has 0 bridgehead atoms. The summed E-state index contributed by atoms with van der Waals surface area (Å²) in [6.07, 6.45) is -0.454. The zero-order valence-corrected chi connectivity index (χ0v) is 16.6. The number of hydrogen-bond acceptors (Lipinski definition) is 3. The van der Waals surface area contributed by atoms with Crippen LogP contribution in [0.25, 0.3) is 0 Å². The first-order valence-electron chi connectivity index (χ1n) is 9.86. The number of carbonyl (C=O) groups is 1. The van der Waals surface area contributed by atoms with E-state index < -0.39 is 6.10 Å². The molecule has 4 heteroatoms. The average molecular weight is 389 g/mol. The molecule has 0 aliphatic rings. The van der Waals surface area contributed by atoms with Gasteiger partial charge in [-0.1, -0.05) is 78.9 Å². The van der Waals surface area contributed by atoms with Crippen LogP contribution >= 0.6 is 0 Å². The molecule has 3 aromatic carbocycles. The van der Waals surface area contributed by atoms with Crippen molar-refractivity contribution in [1.82, 2.24) is 5.32 Å². The highest BCUT2D eigenvalue weighted by Crippen LogP contribution is 2.27. The number of rotatable bonds is 9. The van der Waals surface area contributed by atoms with Crippen LogP contribution in [0.1, 0.15) is 29.0 Å². The van der Waals surface area contributed by atoms with Crippen LogP contribution in [-0.4, -0.2) is 30.3 Å². The van der Waals surface area contributed by atoms with Crippen LogP contribution in [0.2, 0.25) is 0 Å². The minimum absolute atomic E-state index is 0.0299. The van der Waals surface area contributed by atoms with Crippen LogP contribution in [0.4, 0.5) is 0 Å². The van der Waals surface area contributed by atoms with Crippen LogP contribution in [0.3, 0.4) is 0 Å². The largest absolute Gasteiger partial charge is 0.491 e. The summed E-state index contributed by atoms with van der Waals surface area (Å²) in [6, 6.07) is 27.7. The summed E-state index contributed by atoms with van der Waals surface area (Å²) in [5, 5.41) is 13.0. The molecule has 0 heterocycles. The molecule has 1 unspecified atom stereocenters. The van der Waals surface area contributed by atoms with Gasteiger partial charge in [-0.15, -0.1) is 0 Å². The SMILES string of the molecule is Cc1ccccc1OCC(O)CNC(=O)CC(c1ccccc1)c1ccccc1. The topological polar surface area (TPSA) is 58.6 Å². The summed E-state index contributed by atoms with van der Waals surface area (Å²) < 4.78 is 5.65. The number of ether oxygens (including phenoxy) is 1. The number of amides is 1. The Labute approximate surface area is 172 Å². The Balaban J connectivity index is 1.54. The fraction of sp³-hybridized carbons (Fsp3) is 0.240. The van der Waals surface area contributed by atoms with Crippen LogP contribution in [0.5, 0.6) is 5.75 Å². The van der Waals surface area contributed by atoms with Gasteiger partial charge in [0.15, 0.2) is 0 Å². The Bertz CT molecular complexity index is 857. The maximum atomic E-state index is 12.6. The Morgan fingerprint density at radius 1 is 0.897 bits per heavy atom. The van der Waals surface area contributed by atoms with Crippen molar-refractivity contribution in [2.75, 3.05) is 13.2 Å². The maximum Gasteiger partial charge on any atom is 0.221 e. The lowest BCUT2D eigenvalue weighted by Crippen LogP contribution is -2.36.